The molecule has 0 fully saturated rings. The molecule has 0 aliphatic heterocycles. The van der Waals surface area contributed by atoms with Gasteiger partial charge in [0.15, 0.2) is 6.10 Å². The Balaban J connectivity index is 4.40. The van der Waals surface area contributed by atoms with E-state index in [1.54, 1.807) is 0 Å². The van der Waals surface area contributed by atoms with Crippen molar-refractivity contribution < 1.29 is 28.6 Å². The summed E-state index contributed by atoms with van der Waals surface area (Å²) in [6.45, 7) is 6.38. The second kappa shape index (κ2) is 45.6. The first-order valence-corrected chi connectivity index (χ1v) is 23.5. The van der Waals surface area contributed by atoms with Crippen molar-refractivity contribution in [3.63, 3.8) is 0 Å². The van der Waals surface area contributed by atoms with Crippen molar-refractivity contribution in [2.24, 2.45) is 0 Å². The molecule has 0 aliphatic carbocycles. The number of hydrogen-bond donors (Lipinski definition) is 0. The van der Waals surface area contributed by atoms with Crippen LogP contribution in [0.5, 0.6) is 0 Å². The standard InChI is InChI=1S/C51H86O6/c1-4-7-10-13-16-19-21-23-24-25-26-28-29-32-35-38-41-44-50(53)56-47-48(46-55-49(52)43-40-37-34-31-18-15-12-9-6-3)57-51(54)45-42-39-36-33-30-27-22-20-17-14-11-8-5-2/h8,11,14,16-17,19-20,22-24,31,34,48H,4-7,9-10,12-13,15,18,21,25-30,32-33,35-47H2,1-3H3/b11-8-,17-14-,19-16-,22-20-,24-23-,34-31-. The molecule has 57 heavy (non-hydrogen) atoms. The lowest BCUT2D eigenvalue weighted by Gasteiger charge is -2.18. The van der Waals surface area contributed by atoms with Gasteiger partial charge in [-0.1, -0.05) is 177 Å². The van der Waals surface area contributed by atoms with Crippen molar-refractivity contribution in [3.8, 4) is 0 Å². The fourth-order valence-corrected chi connectivity index (χ4v) is 6.18. The van der Waals surface area contributed by atoms with E-state index in [4.69, 9.17) is 14.2 Å². The molecule has 0 rings (SSSR count). The SMILES string of the molecule is CC\C=C/C=C\C=C/CCCCCCCC(=O)OC(COC(=O)CCC/C=C\CCCCCC)COC(=O)CCCCCCCCC/C=C\C/C=C\CCCCC. The zero-order valence-corrected chi connectivity index (χ0v) is 37.1. The zero-order chi connectivity index (χ0) is 41.5. The van der Waals surface area contributed by atoms with E-state index in [0.29, 0.717) is 25.7 Å². The van der Waals surface area contributed by atoms with Crippen molar-refractivity contribution >= 4 is 17.9 Å². The van der Waals surface area contributed by atoms with Crippen LogP contribution in [0.2, 0.25) is 0 Å². The van der Waals surface area contributed by atoms with Crippen molar-refractivity contribution in [3.05, 3.63) is 72.9 Å². The van der Waals surface area contributed by atoms with E-state index in [9.17, 15) is 14.4 Å². The number of rotatable bonds is 41. The average Bonchev–Trinajstić information content (AvgIpc) is 3.21. The van der Waals surface area contributed by atoms with Crippen LogP contribution in [0, 0.1) is 0 Å². The van der Waals surface area contributed by atoms with Gasteiger partial charge in [0.1, 0.15) is 13.2 Å². The van der Waals surface area contributed by atoms with Gasteiger partial charge < -0.3 is 14.2 Å². The van der Waals surface area contributed by atoms with E-state index in [2.05, 4.69) is 93.7 Å². The minimum absolute atomic E-state index is 0.0973. The third kappa shape index (κ3) is 43.8. The molecule has 0 radical (unpaired) electrons. The summed E-state index contributed by atoms with van der Waals surface area (Å²) in [6, 6.07) is 0. The fourth-order valence-electron chi connectivity index (χ4n) is 6.18. The molecule has 1 atom stereocenters. The lowest BCUT2D eigenvalue weighted by atomic mass is 10.1. The predicted molar refractivity (Wildman–Crippen MR) is 242 cm³/mol. The largest absolute Gasteiger partial charge is 0.462 e. The molecule has 0 saturated heterocycles. The number of allylic oxidation sites excluding steroid dienone is 12. The predicted octanol–water partition coefficient (Wildman–Crippen LogP) is 15.1. The van der Waals surface area contributed by atoms with E-state index in [0.717, 1.165) is 89.9 Å². The monoisotopic (exact) mass is 795 g/mol. The third-order valence-electron chi connectivity index (χ3n) is 9.73. The van der Waals surface area contributed by atoms with Crippen LogP contribution >= 0.6 is 0 Å². The van der Waals surface area contributed by atoms with Crippen LogP contribution in [0.1, 0.15) is 213 Å². The van der Waals surface area contributed by atoms with Gasteiger partial charge in [0.05, 0.1) is 0 Å². The molecule has 0 heterocycles. The Morgan fingerprint density at radius 3 is 1.32 bits per heavy atom. The lowest BCUT2D eigenvalue weighted by molar-refractivity contribution is -0.167. The van der Waals surface area contributed by atoms with E-state index >= 15 is 0 Å². The van der Waals surface area contributed by atoms with Gasteiger partial charge in [-0.2, -0.15) is 0 Å². The maximum absolute atomic E-state index is 12.7. The molecule has 0 spiro atoms. The van der Waals surface area contributed by atoms with Gasteiger partial charge >= 0.3 is 17.9 Å². The molecule has 0 aromatic carbocycles. The Labute approximate surface area is 351 Å². The van der Waals surface area contributed by atoms with E-state index < -0.39 is 6.10 Å². The molecule has 0 bridgehead atoms. The van der Waals surface area contributed by atoms with Crippen molar-refractivity contribution in [1.29, 1.82) is 0 Å². The van der Waals surface area contributed by atoms with Crippen LogP contribution in [0.15, 0.2) is 72.9 Å². The van der Waals surface area contributed by atoms with Crippen LogP contribution in [0.4, 0.5) is 0 Å². The van der Waals surface area contributed by atoms with Gasteiger partial charge in [0, 0.05) is 19.3 Å². The summed E-state index contributed by atoms with van der Waals surface area (Å²) in [5.74, 6) is -0.967. The Hall–Kier alpha value is -3.15. The van der Waals surface area contributed by atoms with Gasteiger partial charge in [-0.3, -0.25) is 14.4 Å². The molecule has 326 valence electrons. The molecule has 1 unspecified atom stereocenters. The molecular weight excluding hydrogens is 709 g/mol. The topological polar surface area (TPSA) is 78.9 Å². The quantitative estimate of drug-likeness (QED) is 0.0202. The second-order valence-corrected chi connectivity index (χ2v) is 15.3. The van der Waals surface area contributed by atoms with Gasteiger partial charge in [-0.05, 0) is 89.9 Å². The molecule has 6 nitrogen and oxygen atoms in total. The Bertz CT molecular complexity index is 1100. The van der Waals surface area contributed by atoms with Crippen LogP contribution in [0.25, 0.3) is 0 Å². The van der Waals surface area contributed by atoms with E-state index in [-0.39, 0.29) is 31.1 Å². The molecule has 0 aromatic rings. The van der Waals surface area contributed by atoms with E-state index in [1.807, 2.05) is 0 Å². The Morgan fingerprint density at radius 1 is 0.386 bits per heavy atom. The van der Waals surface area contributed by atoms with Crippen molar-refractivity contribution in [2.75, 3.05) is 13.2 Å². The normalized spacial score (nSPS) is 12.7. The second-order valence-electron chi connectivity index (χ2n) is 15.3. The summed E-state index contributed by atoms with van der Waals surface area (Å²) >= 11 is 0. The summed E-state index contributed by atoms with van der Waals surface area (Å²) in [5, 5.41) is 0. The number of carbonyl (C=O) groups excluding carboxylic acids is 3. The Kier molecular flexibility index (Phi) is 43.0. The van der Waals surface area contributed by atoms with Crippen LogP contribution < -0.4 is 0 Å². The number of carbonyl (C=O) groups is 3. The highest BCUT2D eigenvalue weighted by atomic mass is 16.6. The third-order valence-corrected chi connectivity index (χ3v) is 9.73. The van der Waals surface area contributed by atoms with Crippen molar-refractivity contribution in [2.45, 2.75) is 219 Å². The molecular formula is C51H86O6. The molecule has 0 saturated carbocycles. The molecule has 6 heteroatoms. The molecule has 0 amide bonds. The highest BCUT2D eigenvalue weighted by molar-refractivity contribution is 5.71. The summed E-state index contributed by atoms with van der Waals surface area (Å²) in [7, 11) is 0. The summed E-state index contributed by atoms with van der Waals surface area (Å²) in [4.78, 5) is 37.7. The molecule has 0 aliphatic rings. The van der Waals surface area contributed by atoms with E-state index in [1.165, 1.54) is 77.0 Å². The molecule has 0 aromatic heterocycles. The first kappa shape index (κ1) is 53.9. The van der Waals surface area contributed by atoms with Crippen LogP contribution in [0.3, 0.4) is 0 Å². The van der Waals surface area contributed by atoms with Crippen molar-refractivity contribution in [1.82, 2.24) is 0 Å². The van der Waals surface area contributed by atoms with Crippen LogP contribution in [-0.4, -0.2) is 37.2 Å². The zero-order valence-electron chi connectivity index (χ0n) is 37.1. The number of unbranched alkanes of at least 4 members (excludes halogenated alkanes) is 20. The van der Waals surface area contributed by atoms with Gasteiger partial charge in [-0.15, -0.1) is 0 Å². The maximum atomic E-state index is 12.7. The summed E-state index contributed by atoms with van der Waals surface area (Å²) in [5.41, 5.74) is 0. The average molecular weight is 795 g/mol. The molecule has 0 N–H and O–H groups in total. The summed E-state index contributed by atoms with van der Waals surface area (Å²) < 4.78 is 16.6. The highest BCUT2D eigenvalue weighted by Crippen LogP contribution is 2.13. The minimum Gasteiger partial charge on any atom is -0.462 e. The number of hydrogen-bond acceptors (Lipinski definition) is 6. The number of esters is 3. The smallest absolute Gasteiger partial charge is 0.306 e. The van der Waals surface area contributed by atoms with Gasteiger partial charge in [0.2, 0.25) is 0 Å². The first-order valence-electron chi connectivity index (χ1n) is 23.5. The first-order chi connectivity index (χ1) is 28.0. The number of ether oxygens (including phenoxy) is 3. The summed E-state index contributed by atoms with van der Waals surface area (Å²) in [6.07, 6.45) is 56.1. The fraction of sp³-hybridized carbons (Fsp3) is 0.706. The Morgan fingerprint density at radius 2 is 0.772 bits per heavy atom. The maximum Gasteiger partial charge on any atom is 0.306 e. The van der Waals surface area contributed by atoms with Gasteiger partial charge in [0.25, 0.3) is 0 Å². The lowest BCUT2D eigenvalue weighted by Crippen LogP contribution is -2.30. The highest BCUT2D eigenvalue weighted by Gasteiger charge is 2.19. The van der Waals surface area contributed by atoms with Crippen LogP contribution in [-0.2, 0) is 28.6 Å². The minimum atomic E-state index is -0.798. The van der Waals surface area contributed by atoms with Gasteiger partial charge in [-0.25, -0.2) is 0 Å².